The van der Waals surface area contributed by atoms with Gasteiger partial charge in [0.05, 0.1) is 5.69 Å². The van der Waals surface area contributed by atoms with Gasteiger partial charge < -0.3 is 5.73 Å². The number of hydrogen-bond acceptors (Lipinski definition) is 1. The molecule has 0 saturated carbocycles. The Morgan fingerprint density at radius 3 is 2.50 bits per heavy atom. The van der Waals surface area contributed by atoms with E-state index >= 15 is 0 Å². The molecule has 0 radical (unpaired) electrons. The van der Waals surface area contributed by atoms with Crippen LogP contribution in [0.4, 0.5) is 5.69 Å². The maximum Gasteiger partial charge on any atom is 0.192 e. The third kappa shape index (κ3) is 2.10. The van der Waals surface area contributed by atoms with Gasteiger partial charge in [0, 0.05) is 11.6 Å². The molecule has 0 unspecified atom stereocenters. The van der Waals surface area contributed by atoms with E-state index in [1.165, 1.54) is 5.56 Å². The first-order chi connectivity index (χ1) is 6.84. The summed E-state index contributed by atoms with van der Waals surface area (Å²) < 4.78 is 2.07. The largest absolute Gasteiger partial charge is 0.394 e. The predicted octanol–water partition coefficient (Wildman–Crippen LogP) is 1.60. The summed E-state index contributed by atoms with van der Waals surface area (Å²) in [7, 11) is 0. The van der Waals surface area contributed by atoms with Crippen LogP contribution in [0.3, 0.4) is 0 Å². The summed E-state index contributed by atoms with van der Waals surface area (Å²) >= 11 is 0. The average Bonchev–Trinajstić information content (AvgIpc) is 2.19. The zero-order valence-electron chi connectivity index (χ0n) is 7.93. The standard InChI is InChI=1S/C12H13N2/c13-12-7-4-8-14(10-12)9-11-5-2-1-3-6-11/h1-8,10H,9,13H2/q+1. The average molecular weight is 185 g/mol. The van der Waals surface area contributed by atoms with Crippen LogP contribution in [0, 0.1) is 0 Å². The molecule has 0 amide bonds. The minimum Gasteiger partial charge on any atom is -0.394 e. The summed E-state index contributed by atoms with van der Waals surface area (Å²) in [5.41, 5.74) is 7.77. The Kier molecular flexibility index (Phi) is 2.45. The molecule has 1 heterocycles. The van der Waals surface area contributed by atoms with E-state index in [9.17, 15) is 0 Å². The van der Waals surface area contributed by atoms with Gasteiger partial charge in [0.1, 0.15) is 0 Å². The van der Waals surface area contributed by atoms with E-state index < -0.39 is 0 Å². The first-order valence-corrected chi connectivity index (χ1v) is 4.63. The summed E-state index contributed by atoms with van der Waals surface area (Å²) in [5.74, 6) is 0. The number of aromatic nitrogens is 1. The highest BCUT2D eigenvalue weighted by molar-refractivity contribution is 5.30. The minimum absolute atomic E-state index is 0.795. The fourth-order valence-corrected chi connectivity index (χ4v) is 1.43. The van der Waals surface area contributed by atoms with Crippen molar-refractivity contribution in [1.29, 1.82) is 0 Å². The lowest BCUT2D eigenvalue weighted by Crippen LogP contribution is -2.33. The summed E-state index contributed by atoms with van der Waals surface area (Å²) in [5, 5.41) is 0. The van der Waals surface area contributed by atoms with Gasteiger partial charge in [-0.2, -0.15) is 4.57 Å². The minimum atomic E-state index is 0.795. The van der Waals surface area contributed by atoms with Crippen molar-refractivity contribution in [1.82, 2.24) is 0 Å². The van der Waals surface area contributed by atoms with Crippen molar-refractivity contribution in [2.75, 3.05) is 5.73 Å². The number of anilines is 1. The van der Waals surface area contributed by atoms with Crippen molar-refractivity contribution < 1.29 is 4.57 Å². The van der Waals surface area contributed by atoms with Gasteiger partial charge in [-0.15, -0.1) is 0 Å². The molecule has 0 aliphatic rings. The second-order valence-electron chi connectivity index (χ2n) is 3.30. The molecule has 1 aromatic heterocycles. The molecule has 0 saturated heterocycles. The molecule has 0 bridgehead atoms. The van der Waals surface area contributed by atoms with Gasteiger partial charge in [0.2, 0.25) is 0 Å². The fraction of sp³-hybridized carbons (Fsp3) is 0.0833. The van der Waals surface area contributed by atoms with Crippen LogP contribution in [-0.4, -0.2) is 0 Å². The lowest BCUT2D eigenvalue weighted by Gasteiger charge is -1.97. The molecular formula is C12H13N2+. The Morgan fingerprint density at radius 1 is 1.00 bits per heavy atom. The van der Waals surface area contributed by atoms with Crippen LogP contribution in [-0.2, 0) is 6.54 Å². The number of pyridine rings is 1. The molecule has 0 atom stereocenters. The molecule has 2 aromatic rings. The molecular weight excluding hydrogens is 172 g/mol. The van der Waals surface area contributed by atoms with Crippen molar-refractivity contribution in [3.8, 4) is 0 Å². The first kappa shape index (κ1) is 8.75. The lowest BCUT2D eigenvalue weighted by molar-refractivity contribution is -0.687. The van der Waals surface area contributed by atoms with E-state index in [0.29, 0.717) is 0 Å². The molecule has 14 heavy (non-hydrogen) atoms. The van der Waals surface area contributed by atoms with Crippen molar-refractivity contribution in [2.45, 2.75) is 6.54 Å². The molecule has 2 N–H and O–H groups in total. The number of nitrogens with two attached hydrogens (primary N) is 1. The Bertz CT molecular complexity index is 410. The van der Waals surface area contributed by atoms with Gasteiger partial charge in [-0.1, -0.05) is 30.3 Å². The summed E-state index contributed by atoms with van der Waals surface area (Å²) in [6.45, 7) is 0.867. The molecule has 0 aliphatic carbocycles. The third-order valence-electron chi connectivity index (χ3n) is 2.09. The van der Waals surface area contributed by atoms with Crippen molar-refractivity contribution in [3.05, 3.63) is 60.4 Å². The highest BCUT2D eigenvalue weighted by Crippen LogP contribution is 1.99. The maximum absolute atomic E-state index is 5.69. The number of benzene rings is 1. The van der Waals surface area contributed by atoms with Crippen LogP contribution in [0.25, 0.3) is 0 Å². The quantitative estimate of drug-likeness (QED) is 0.708. The Balaban J connectivity index is 2.19. The topological polar surface area (TPSA) is 29.9 Å². The highest BCUT2D eigenvalue weighted by Gasteiger charge is 2.01. The number of hydrogen-bond donors (Lipinski definition) is 1. The molecule has 2 heteroatoms. The third-order valence-corrected chi connectivity index (χ3v) is 2.09. The van der Waals surface area contributed by atoms with Crippen molar-refractivity contribution >= 4 is 5.69 Å². The molecule has 0 fully saturated rings. The summed E-state index contributed by atoms with van der Waals surface area (Å²) in [6.07, 6.45) is 3.95. The van der Waals surface area contributed by atoms with Crippen LogP contribution >= 0.6 is 0 Å². The second-order valence-corrected chi connectivity index (χ2v) is 3.30. The van der Waals surface area contributed by atoms with Gasteiger partial charge in [-0.05, 0) is 6.07 Å². The first-order valence-electron chi connectivity index (χ1n) is 4.63. The van der Waals surface area contributed by atoms with Crippen LogP contribution in [0.5, 0.6) is 0 Å². The van der Waals surface area contributed by atoms with Crippen molar-refractivity contribution in [3.63, 3.8) is 0 Å². The Morgan fingerprint density at radius 2 is 1.79 bits per heavy atom. The lowest BCUT2D eigenvalue weighted by atomic mass is 10.2. The zero-order valence-corrected chi connectivity index (χ0v) is 7.93. The van der Waals surface area contributed by atoms with Gasteiger partial charge in [-0.3, -0.25) is 0 Å². The molecule has 0 aliphatic heterocycles. The van der Waals surface area contributed by atoms with E-state index in [4.69, 9.17) is 5.73 Å². The smallest absolute Gasteiger partial charge is 0.192 e. The van der Waals surface area contributed by atoms with Crippen LogP contribution < -0.4 is 10.3 Å². The summed E-state index contributed by atoms with van der Waals surface area (Å²) in [4.78, 5) is 0. The normalized spacial score (nSPS) is 10.0. The molecule has 0 spiro atoms. The van der Waals surface area contributed by atoms with E-state index in [0.717, 1.165) is 12.2 Å². The SMILES string of the molecule is Nc1ccc[n+](Cc2ccccc2)c1. The highest BCUT2D eigenvalue weighted by atomic mass is 14.9. The Labute approximate surface area is 83.6 Å². The van der Waals surface area contributed by atoms with Crippen LogP contribution in [0.2, 0.25) is 0 Å². The molecule has 70 valence electrons. The van der Waals surface area contributed by atoms with E-state index in [1.807, 2.05) is 42.7 Å². The van der Waals surface area contributed by atoms with Crippen LogP contribution in [0.15, 0.2) is 54.9 Å². The van der Waals surface area contributed by atoms with Gasteiger partial charge in [-0.25, -0.2) is 0 Å². The number of nitrogens with zero attached hydrogens (tertiary/aromatic N) is 1. The Hall–Kier alpha value is -1.83. The summed E-state index contributed by atoms with van der Waals surface area (Å²) in [6, 6.07) is 14.2. The maximum atomic E-state index is 5.69. The van der Waals surface area contributed by atoms with E-state index in [-0.39, 0.29) is 0 Å². The van der Waals surface area contributed by atoms with Crippen LogP contribution in [0.1, 0.15) is 5.56 Å². The molecule has 1 aromatic carbocycles. The van der Waals surface area contributed by atoms with E-state index in [1.54, 1.807) is 0 Å². The fourth-order valence-electron chi connectivity index (χ4n) is 1.43. The van der Waals surface area contributed by atoms with E-state index in [2.05, 4.69) is 16.7 Å². The second kappa shape index (κ2) is 3.92. The van der Waals surface area contributed by atoms with Gasteiger partial charge >= 0.3 is 0 Å². The molecule has 2 nitrogen and oxygen atoms in total. The van der Waals surface area contributed by atoms with Gasteiger partial charge in [0.25, 0.3) is 0 Å². The monoisotopic (exact) mass is 185 g/mol. The zero-order chi connectivity index (χ0) is 9.80. The molecule has 2 rings (SSSR count). The number of rotatable bonds is 2. The van der Waals surface area contributed by atoms with Crippen molar-refractivity contribution in [2.24, 2.45) is 0 Å². The predicted molar refractivity (Wildman–Crippen MR) is 56.6 cm³/mol. The van der Waals surface area contributed by atoms with Gasteiger partial charge in [0.15, 0.2) is 18.9 Å². The number of nitrogen functional groups attached to an aromatic ring is 1.